The van der Waals surface area contributed by atoms with E-state index in [2.05, 4.69) is 4.90 Å². The van der Waals surface area contributed by atoms with Crippen LogP contribution in [-0.4, -0.2) is 74.0 Å². The van der Waals surface area contributed by atoms with Crippen molar-refractivity contribution in [3.8, 4) is 5.75 Å². The van der Waals surface area contributed by atoms with Gasteiger partial charge >= 0.3 is 0 Å². The Morgan fingerprint density at radius 2 is 2.04 bits per heavy atom. The Hall–Kier alpha value is -1.60. The maximum Gasteiger partial charge on any atom is 0.254 e. The Morgan fingerprint density at radius 3 is 2.84 bits per heavy atom. The fourth-order valence-electron chi connectivity index (χ4n) is 4.33. The zero-order valence-corrected chi connectivity index (χ0v) is 15.3. The first kappa shape index (κ1) is 16.8. The number of benzene rings is 1. The molecule has 136 valence electrons. The average molecular weight is 364 g/mol. The minimum Gasteiger partial charge on any atom is -0.493 e. The quantitative estimate of drug-likeness (QED) is 0.782. The molecule has 0 aromatic heterocycles. The van der Waals surface area contributed by atoms with Crippen LogP contribution in [0.1, 0.15) is 29.3 Å². The molecule has 1 aromatic rings. The molecule has 3 aliphatic rings. The third-order valence-corrected chi connectivity index (χ3v) is 7.31. The van der Waals surface area contributed by atoms with Crippen molar-refractivity contribution in [1.82, 2.24) is 9.80 Å². The van der Waals surface area contributed by atoms with Crippen LogP contribution >= 0.6 is 0 Å². The number of fused-ring (bicyclic) bond motifs is 2. The molecule has 0 spiro atoms. The van der Waals surface area contributed by atoms with Crippen LogP contribution in [0.5, 0.6) is 5.75 Å². The highest BCUT2D eigenvalue weighted by molar-refractivity contribution is 7.91. The number of hydrogen-bond donors (Lipinski definition) is 0. The first-order valence-electron chi connectivity index (χ1n) is 8.99. The zero-order valence-electron chi connectivity index (χ0n) is 14.5. The number of likely N-dealkylation sites (N-methyl/N-ethyl adjacent to an activating group) is 1. The molecular formula is C18H24N2O4S. The van der Waals surface area contributed by atoms with Crippen LogP contribution in [-0.2, 0) is 16.3 Å². The highest BCUT2D eigenvalue weighted by Crippen LogP contribution is 2.30. The van der Waals surface area contributed by atoms with Crippen LogP contribution in [0.25, 0.3) is 0 Å². The van der Waals surface area contributed by atoms with Crippen molar-refractivity contribution in [1.29, 1.82) is 0 Å². The molecule has 25 heavy (non-hydrogen) atoms. The molecule has 2 fully saturated rings. The second kappa shape index (κ2) is 6.29. The smallest absolute Gasteiger partial charge is 0.254 e. The number of sulfone groups is 1. The molecule has 0 bridgehead atoms. The van der Waals surface area contributed by atoms with Gasteiger partial charge in [0.25, 0.3) is 5.91 Å². The van der Waals surface area contributed by atoms with E-state index in [-0.39, 0.29) is 29.5 Å². The van der Waals surface area contributed by atoms with E-state index in [0.717, 1.165) is 43.9 Å². The van der Waals surface area contributed by atoms with Gasteiger partial charge in [-0.25, -0.2) is 8.42 Å². The fraction of sp³-hybridized carbons (Fsp3) is 0.611. The molecule has 4 rings (SSSR count). The first-order chi connectivity index (χ1) is 12.0. The molecule has 2 saturated heterocycles. The summed E-state index contributed by atoms with van der Waals surface area (Å²) < 4.78 is 30.0. The predicted octanol–water partition coefficient (Wildman–Crippen LogP) is 0.955. The lowest BCUT2D eigenvalue weighted by atomic mass is 10.00. The second-order valence-electron chi connectivity index (χ2n) is 7.11. The van der Waals surface area contributed by atoms with Crippen molar-refractivity contribution in [3.05, 3.63) is 29.3 Å². The number of hydrogen-bond acceptors (Lipinski definition) is 5. The monoisotopic (exact) mass is 364 g/mol. The van der Waals surface area contributed by atoms with Gasteiger partial charge < -0.3 is 9.64 Å². The van der Waals surface area contributed by atoms with E-state index in [1.807, 2.05) is 19.1 Å². The Labute approximate surface area is 148 Å². The van der Waals surface area contributed by atoms with E-state index in [0.29, 0.717) is 12.1 Å². The number of amides is 1. The normalized spacial score (nSPS) is 28.1. The molecule has 2 unspecified atom stereocenters. The van der Waals surface area contributed by atoms with Gasteiger partial charge in [0.2, 0.25) is 0 Å². The van der Waals surface area contributed by atoms with Crippen LogP contribution in [0.3, 0.4) is 0 Å². The molecule has 3 aliphatic heterocycles. The van der Waals surface area contributed by atoms with Crippen LogP contribution < -0.4 is 4.74 Å². The summed E-state index contributed by atoms with van der Waals surface area (Å²) in [6.45, 7) is 4.89. The predicted molar refractivity (Wildman–Crippen MR) is 94.8 cm³/mol. The molecule has 7 heteroatoms. The van der Waals surface area contributed by atoms with Gasteiger partial charge in [0.05, 0.1) is 24.2 Å². The first-order valence-corrected chi connectivity index (χ1v) is 10.8. The van der Waals surface area contributed by atoms with Crippen molar-refractivity contribution < 1.29 is 17.9 Å². The van der Waals surface area contributed by atoms with Crippen molar-refractivity contribution in [2.45, 2.75) is 31.8 Å². The molecule has 1 amide bonds. The van der Waals surface area contributed by atoms with Crippen LogP contribution in [0, 0.1) is 0 Å². The lowest BCUT2D eigenvalue weighted by Crippen LogP contribution is -2.60. The van der Waals surface area contributed by atoms with Gasteiger partial charge in [0.1, 0.15) is 5.75 Å². The van der Waals surface area contributed by atoms with E-state index < -0.39 is 9.84 Å². The molecule has 6 nitrogen and oxygen atoms in total. The van der Waals surface area contributed by atoms with Crippen molar-refractivity contribution in [2.24, 2.45) is 0 Å². The van der Waals surface area contributed by atoms with Gasteiger partial charge in [-0.15, -0.1) is 0 Å². The van der Waals surface area contributed by atoms with Crippen LogP contribution in [0.2, 0.25) is 0 Å². The minimum atomic E-state index is -3.09. The summed E-state index contributed by atoms with van der Waals surface area (Å²) in [5.41, 5.74) is 1.71. The lowest BCUT2D eigenvalue weighted by molar-refractivity contribution is 0.0349. The molecule has 0 aliphatic carbocycles. The third kappa shape index (κ3) is 3.04. The van der Waals surface area contributed by atoms with E-state index in [9.17, 15) is 13.2 Å². The number of piperazine rings is 1. The summed E-state index contributed by atoms with van der Waals surface area (Å²) in [6.07, 6.45) is 1.88. The molecule has 2 atom stereocenters. The fourth-order valence-corrected chi connectivity index (χ4v) is 6.34. The van der Waals surface area contributed by atoms with E-state index in [4.69, 9.17) is 4.74 Å². The summed E-state index contributed by atoms with van der Waals surface area (Å²) in [6, 6.07) is 5.28. The van der Waals surface area contributed by atoms with Crippen molar-refractivity contribution >= 4 is 15.7 Å². The lowest BCUT2D eigenvalue weighted by Gasteiger charge is -2.43. The van der Waals surface area contributed by atoms with Gasteiger partial charge in [-0.05, 0) is 43.1 Å². The van der Waals surface area contributed by atoms with E-state index >= 15 is 0 Å². The number of carbonyl (C=O) groups is 1. The summed E-state index contributed by atoms with van der Waals surface area (Å²) in [4.78, 5) is 17.1. The van der Waals surface area contributed by atoms with Gasteiger partial charge in [0, 0.05) is 24.7 Å². The van der Waals surface area contributed by atoms with Crippen LogP contribution in [0.4, 0.5) is 0 Å². The van der Waals surface area contributed by atoms with Gasteiger partial charge in [-0.1, -0.05) is 6.92 Å². The van der Waals surface area contributed by atoms with E-state index in [1.54, 1.807) is 11.0 Å². The molecule has 0 N–H and O–H groups in total. The Balaban J connectivity index is 1.61. The summed E-state index contributed by atoms with van der Waals surface area (Å²) >= 11 is 0. The maximum atomic E-state index is 13.1. The molecule has 0 radical (unpaired) electrons. The Morgan fingerprint density at radius 1 is 1.24 bits per heavy atom. The SMILES string of the molecule is CCN1CCN(C(=O)c2ccc3c(c2)CCCO3)C2CS(=O)(=O)CC21. The summed E-state index contributed by atoms with van der Waals surface area (Å²) in [7, 11) is -3.09. The van der Waals surface area contributed by atoms with Crippen molar-refractivity contribution in [3.63, 3.8) is 0 Å². The molecule has 3 heterocycles. The highest BCUT2D eigenvalue weighted by Gasteiger charge is 2.47. The zero-order chi connectivity index (χ0) is 17.6. The minimum absolute atomic E-state index is 0.0590. The summed E-state index contributed by atoms with van der Waals surface area (Å²) in [5.74, 6) is 1.04. The van der Waals surface area contributed by atoms with Crippen molar-refractivity contribution in [2.75, 3.05) is 37.7 Å². The van der Waals surface area contributed by atoms with Gasteiger partial charge in [-0.3, -0.25) is 9.69 Å². The average Bonchev–Trinajstić information content (AvgIpc) is 2.94. The Bertz CT molecular complexity index is 792. The molecule has 1 aromatic carbocycles. The topological polar surface area (TPSA) is 66.9 Å². The number of nitrogens with zero attached hydrogens (tertiary/aromatic N) is 2. The van der Waals surface area contributed by atoms with Gasteiger partial charge in [0.15, 0.2) is 9.84 Å². The molecular weight excluding hydrogens is 340 g/mol. The standard InChI is InChI=1S/C18H24N2O4S/c1-2-19-7-8-20(16-12-25(22,23)11-15(16)19)18(21)14-5-6-17-13(10-14)4-3-9-24-17/h5-6,10,15-16H,2-4,7-9,11-12H2,1H3. The number of carbonyl (C=O) groups excluding carboxylic acids is 1. The highest BCUT2D eigenvalue weighted by atomic mass is 32.2. The Kier molecular flexibility index (Phi) is 4.24. The third-order valence-electron chi connectivity index (χ3n) is 5.61. The number of aryl methyl sites for hydroxylation is 1. The number of rotatable bonds is 2. The largest absolute Gasteiger partial charge is 0.493 e. The maximum absolute atomic E-state index is 13.1. The van der Waals surface area contributed by atoms with Crippen LogP contribution in [0.15, 0.2) is 18.2 Å². The number of ether oxygens (including phenoxy) is 1. The molecule has 0 saturated carbocycles. The summed E-state index contributed by atoms with van der Waals surface area (Å²) in [5, 5.41) is 0. The van der Waals surface area contributed by atoms with Gasteiger partial charge in [-0.2, -0.15) is 0 Å². The van der Waals surface area contributed by atoms with E-state index in [1.165, 1.54) is 0 Å². The second-order valence-corrected chi connectivity index (χ2v) is 9.27.